The number of hydrogen-bond acceptors (Lipinski definition) is 2. The van der Waals surface area contributed by atoms with Gasteiger partial charge in [-0.05, 0) is 5.92 Å². The molecule has 74 valence electrons. The summed E-state index contributed by atoms with van der Waals surface area (Å²) < 4.78 is 1.76. The van der Waals surface area contributed by atoms with Crippen LogP contribution in [0.5, 0.6) is 0 Å². The van der Waals surface area contributed by atoms with Crippen molar-refractivity contribution in [2.75, 3.05) is 0 Å². The fourth-order valence-corrected chi connectivity index (χ4v) is 1.03. The number of carbonyl (C=O) groups is 1. The second kappa shape index (κ2) is 4.47. The summed E-state index contributed by atoms with van der Waals surface area (Å²) in [6.45, 7) is 4.99. The smallest absolute Gasteiger partial charge is 0.382 e. The number of aromatic nitrogens is 2. The summed E-state index contributed by atoms with van der Waals surface area (Å²) in [6.07, 6.45) is 3.31. The Morgan fingerprint density at radius 2 is 2.43 bits per heavy atom. The third kappa shape index (κ3) is 3.31. The summed E-state index contributed by atoms with van der Waals surface area (Å²) >= 11 is 0. The highest BCUT2D eigenvalue weighted by Crippen LogP contribution is 2.00. The quantitative estimate of drug-likeness (QED) is 0.710. The Kier molecular flexibility index (Phi) is 3.29. The summed E-state index contributed by atoms with van der Waals surface area (Å²) in [5.41, 5.74) is 0.632. The van der Waals surface area contributed by atoms with E-state index in [4.69, 9.17) is 5.11 Å². The Bertz CT molecular complexity index is 382. The van der Waals surface area contributed by atoms with Crippen molar-refractivity contribution in [1.29, 1.82) is 0 Å². The van der Waals surface area contributed by atoms with Crippen LogP contribution in [0.25, 0.3) is 0 Å². The highest BCUT2D eigenvalue weighted by molar-refractivity contribution is 5.87. The minimum absolute atomic E-state index is 0.509. The summed E-state index contributed by atoms with van der Waals surface area (Å²) in [6, 6.07) is 0. The molecular formula is C10H12N2O2. The van der Waals surface area contributed by atoms with Crippen molar-refractivity contribution in [3.05, 3.63) is 18.0 Å². The molecule has 4 heteroatoms. The van der Waals surface area contributed by atoms with Crippen molar-refractivity contribution in [3.63, 3.8) is 0 Å². The third-order valence-corrected chi connectivity index (χ3v) is 1.50. The first-order chi connectivity index (χ1) is 6.58. The number of aliphatic carboxylic acids is 1. The molecule has 14 heavy (non-hydrogen) atoms. The molecule has 0 aliphatic rings. The maximum atomic E-state index is 10.2. The molecule has 0 atom stereocenters. The van der Waals surface area contributed by atoms with E-state index in [1.54, 1.807) is 17.1 Å². The van der Waals surface area contributed by atoms with Crippen LogP contribution in [-0.4, -0.2) is 20.9 Å². The van der Waals surface area contributed by atoms with Crippen LogP contribution in [0.2, 0.25) is 0 Å². The lowest BCUT2D eigenvalue weighted by Gasteiger charge is -2.02. The highest BCUT2D eigenvalue weighted by Gasteiger charge is 1.98. The molecule has 0 saturated carbocycles. The first-order valence-corrected chi connectivity index (χ1v) is 4.35. The van der Waals surface area contributed by atoms with Crippen molar-refractivity contribution >= 4 is 5.97 Å². The monoisotopic (exact) mass is 192 g/mol. The van der Waals surface area contributed by atoms with Gasteiger partial charge in [-0.1, -0.05) is 19.8 Å². The maximum absolute atomic E-state index is 10.2. The Labute approximate surface area is 82.5 Å². The van der Waals surface area contributed by atoms with Crippen LogP contribution >= 0.6 is 0 Å². The molecule has 0 aromatic carbocycles. The van der Waals surface area contributed by atoms with Gasteiger partial charge in [0.05, 0.1) is 11.8 Å². The minimum atomic E-state index is -1.12. The van der Waals surface area contributed by atoms with E-state index in [1.165, 1.54) is 0 Å². The SMILES string of the molecule is CC(C)Cn1cc(C#CC(=O)O)cn1. The van der Waals surface area contributed by atoms with Crippen LogP contribution in [0.15, 0.2) is 12.4 Å². The molecule has 0 spiro atoms. The molecule has 4 nitrogen and oxygen atoms in total. The molecule has 1 N–H and O–H groups in total. The van der Waals surface area contributed by atoms with Gasteiger partial charge < -0.3 is 5.11 Å². The molecule has 1 rings (SSSR count). The van der Waals surface area contributed by atoms with Crippen LogP contribution in [0.4, 0.5) is 0 Å². The predicted molar refractivity (Wildman–Crippen MR) is 51.6 cm³/mol. The Balaban J connectivity index is 2.70. The van der Waals surface area contributed by atoms with E-state index in [0.29, 0.717) is 11.5 Å². The van der Waals surface area contributed by atoms with Gasteiger partial charge in [0.2, 0.25) is 0 Å². The molecule has 0 fully saturated rings. The second-order valence-electron chi connectivity index (χ2n) is 3.40. The normalized spacial score (nSPS) is 9.64. The molecule has 0 bridgehead atoms. The minimum Gasteiger partial charge on any atom is -0.472 e. The third-order valence-electron chi connectivity index (χ3n) is 1.50. The maximum Gasteiger partial charge on any atom is 0.382 e. The van der Waals surface area contributed by atoms with Crippen molar-refractivity contribution in [3.8, 4) is 11.8 Å². The van der Waals surface area contributed by atoms with E-state index in [0.717, 1.165) is 6.54 Å². The van der Waals surface area contributed by atoms with E-state index < -0.39 is 5.97 Å². The lowest BCUT2D eigenvalue weighted by atomic mass is 10.2. The molecular weight excluding hydrogens is 180 g/mol. The van der Waals surface area contributed by atoms with E-state index in [2.05, 4.69) is 24.9 Å². The highest BCUT2D eigenvalue weighted by atomic mass is 16.4. The van der Waals surface area contributed by atoms with Gasteiger partial charge in [-0.25, -0.2) is 4.79 Å². The summed E-state index contributed by atoms with van der Waals surface area (Å²) in [5.74, 6) is 3.93. The molecule has 0 amide bonds. The van der Waals surface area contributed by atoms with Crippen molar-refractivity contribution in [2.45, 2.75) is 20.4 Å². The first kappa shape index (κ1) is 10.3. The topological polar surface area (TPSA) is 55.1 Å². The summed E-state index contributed by atoms with van der Waals surface area (Å²) in [4.78, 5) is 10.2. The number of hydrogen-bond donors (Lipinski definition) is 1. The standard InChI is InChI=1S/C10H12N2O2/c1-8(2)6-12-7-9(5-11-12)3-4-10(13)14/h5,7-8H,6H2,1-2H3,(H,13,14). The van der Waals surface area contributed by atoms with Crippen LogP contribution < -0.4 is 0 Å². The zero-order valence-electron chi connectivity index (χ0n) is 8.19. The Morgan fingerprint density at radius 1 is 1.71 bits per heavy atom. The zero-order chi connectivity index (χ0) is 10.6. The van der Waals surface area contributed by atoms with Gasteiger partial charge in [-0.3, -0.25) is 4.68 Å². The molecule has 0 aliphatic carbocycles. The summed E-state index contributed by atoms with van der Waals surface area (Å²) in [5, 5.41) is 12.4. The second-order valence-corrected chi connectivity index (χ2v) is 3.40. The van der Waals surface area contributed by atoms with E-state index >= 15 is 0 Å². The average Bonchev–Trinajstić information content (AvgIpc) is 2.47. The number of carboxylic acids is 1. The largest absolute Gasteiger partial charge is 0.472 e. The first-order valence-electron chi connectivity index (χ1n) is 4.35. The predicted octanol–water partition coefficient (Wildman–Crippen LogP) is 0.975. The molecule has 1 aromatic rings. The van der Waals surface area contributed by atoms with Crippen LogP contribution in [-0.2, 0) is 11.3 Å². The van der Waals surface area contributed by atoms with Crippen molar-refractivity contribution in [1.82, 2.24) is 9.78 Å². The Hall–Kier alpha value is -1.76. The molecule has 0 aliphatic heterocycles. The molecule has 0 saturated heterocycles. The lowest BCUT2D eigenvalue weighted by molar-refractivity contribution is -0.130. The number of carboxylic acid groups (broad SMARTS) is 1. The number of nitrogens with zero attached hydrogens (tertiary/aromatic N) is 2. The average molecular weight is 192 g/mol. The lowest BCUT2D eigenvalue weighted by Crippen LogP contribution is -2.03. The fourth-order valence-electron chi connectivity index (χ4n) is 1.03. The molecule has 0 unspecified atom stereocenters. The van der Waals surface area contributed by atoms with Gasteiger partial charge in [0.25, 0.3) is 0 Å². The molecule has 1 aromatic heterocycles. The van der Waals surface area contributed by atoms with E-state index in [-0.39, 0.29) is 0 Å². The fraction of sp³-hybridized carbons (Fsp3) is 0.400. The number of rotatable bonds is 2. The van der Waals surface area contributed by atoms with Crippen LogP contribution in [0.1, 0.15) is 19.4 Å². The van der Waals surface area contributed by atoms with E-state index in [1.807, 2.05) is 5.92 Å². The van der Waals surface area contributed by atoms with Gasteiger partial charge in [-0.15, -0.1) is 0 Å². The van der Waals surface area contributed by atoms with Crippen LogP contribution in [0.3, 0.4) is 0 Å². The molecule has 0 radical (unpaired) electrons. The van der Waals surface area contributed by atoms with Gasteiger partial charge >= 0.3 is 5.97 Å². The van der Waals surface area contributed by atoms with Gasteiger partial charge in [0.1, 0.15) is 0 Å². The van der Waals surface area contributed by atoms with Gasteiger partial charge in [0, 0.05) is 18.7 Å². The summed E-state index contributed by atoms with van der Waals surface area (Å²) in [7, 11) is 0. The Morgan fingerprint density at radius 3 is 3.00 bits per heavy atom. The zero-order valence-corrected chi connectivity index (χ0v) is 8.19. The van der Waals surface area contributed by atoms with Crippen LogP contribution in [0, 0.1) is 17.8 Å². The van der Waals surface area contributed by atoms with Gasteiger partial charge in [-0.2, -0.15) is 5.10 Å². The van der Waals surface area contributed by atoms with Gasteiger partial charge in [0.15, 0.2) is 0 Å². The van der Waals surface area contributed by atoms with E-state index in [9.17, 15) is 4.79 Å². The van der Waals surface area contributed by atoms with Crippen molar-refractivity contribution < 1.29 is 9.90 Å². The molecule has 1 heterocycles. The van der Waals surface area contributed by atoms with Crippen molar-refractivity contribution in [2.24, 2.45) is 5.92 Å².